The van der Waals surface area contributed by atoms with Crippen LogP contribution in [-0.4, -0.2) is 87.2 Å². The Balaban J connectivity index is 2.26. The van der Waals surface area contributed by atoms with Gasteiger partial charge in [0.05, 0.1) is 13.7 Å². The Bertz CT molecular complexity index is 240. The molecule has 106 valence electrons. The molecule has 0 atom stereocenters. The van der Waals surface area contributed by atoms with E-state index in [1.807, 2.05) is 0 Å². The average molecular weight is 257 g/mol. The highest BCUT2D eigenvalue weighted by Gasteiger charge is 2.15. The standard InChI is InChI=1S/C13H27N3O2/c1-4-5-16(12-13(17)18-3)11-10-15-8-6-14(2)7-9-15/h4-12H2,1-3H3. The minimum atomic E-state index is -0.137. The number of hydrogen-bond donors (Lipinski definition) is 0. The predicted molar refractivity (Wildman–Crippen MR) is 72.7 cm³/mol. The van der Waals surface area contributed by atoms with Crippen molar-refractivity contribution in [2.24, 2.45) is 0 Å². The predicted octanol–water partition coefficient (Wildman–Crippen LogP) is 0.119. The summed E-state index contributed by atoms with van der Waals surface area (Å²) in [6, 6.07) is 0. The third-order valence-corrected chi connectivity index (χ3v) is 3.45. The van der Waals surface area contributed by atoms with Gasteiger partial charge in [0.1, 0.15) is 0 Å². The number of carbonyl (C=O) groups is 1. The SMILES string of the molecule is CCCN(CCN1CCN(C)CC1)CC(=O)OC. The van der Waals surface area contributed by atoms with E-state index in [0.29, 0.717) is 6.54 Å². The molecule has 0 radical (unpaired) electrons. The Labute approximate surface area is 111 Å². The first-order chi connectivity index (χ1) is 8.65. The molecule has 0 unspecified atom stereocenters. The number of carbonyl (C=O) groups excluding carboxylic acids is 1. The highest BCUT2D eigenvalue weighted by atomic mass is 16.5. The molecule has 5 nitrogen and oxygen atoms in total. The van der Waals surface area contributed by atoms with Crippen molar-refractivity contribution in [1.29, 1.82) is 0 Å². The maximum atomic E-state index is 11.3. The molecule has 0 aromatic carbocycles. The molecule has 1 fully saturated rings. The summed E-state index contributed by atoms with van der Waals surface area (Å²) < 4.78 is 4.73. The molecule has 0 aromatic rings. The summed E-state index contributed by atoms with van der Waals surface area (Å²) in [6.07, 6.45) is 1.07. The molecule has 0 saturated carbocycles. The molecule has 0 N–H and O–H groups in total. The summed E-state index contributed by atoms with van der Waals surface area (Å²) in [4.78, 5) is 18.3. The third kappa shape index (κ3) is 5.80. The Morgan fingerprint density at radius 2 is 1.89 bits per heavy atom. The number of hydrogen-bond acceptors (Lipinski definition) is 5. The number of likely N-dealkylation sites (N-methyl/N-ethyl adjacent to an activating group) is 1. The highest BCUT2D eigenvalue weighted by Crippen LogP contribution is 2.00. The molecule has 1 saturated heterocycles. The van der Waals surface area contributed by atoms with Gasteiger partial charge in [-0.05, 0) is 20.0 Å². The van der Waals surface area contributed by atoms with Gasteiger partial charge in [-0.2, -0.15) is 0 Å². The van der Waals surface area contributed by atoms with Crippen LogP contribution in [0, 0.1) is 0 Å². The van der Waals surface area contributed by atoms with Gasteiger partial charge >= 0.3 is 5.97 Å². The molecule has 1 rings (SSSR count). The van der Waals surface area contributed by atoms with Gasteiger partial charge in [-0.1, -0.05) is 6.92 Å². The van der Waals surface area contributed by atoms with Crippen molar-refractivity contribution in [3.63, 3.8) is 0 Å². The summed E-state index contributed by atoms with van der Waals surface area (Å²) in [6.45, 7) is 10.1. The Kier molecular flexibility index (Phi) is 7.23. The Morgan fingerprint density at radius 1 is 1.22 bits per heavy atom. The molecule has 0 amide bonds. The van der Waals surface area contributed by atoms with Crippen molar-refractivity contribution in [3.05, 3.63) is 0 Å². The highest BCUT2D eigenvalue weighted by molar-refractivity contribution is 5.71. The zero-order valence-electron chi connectivity index (χ0n) is 12.0. The molecule has 5 heteroatoms. The number of rotatable bonds is 7. The lowest BCUT2D eigenvalue weighted by atomic mass is 10.3. The third-order valence-electron chi connectivity index (χ3n) is 3.45. The van der Waals surface area contributed by atoms with E-state index in [1.54, 1.807) is 0 Å². The van der Waals surface area contributed by atoms with Crippen LogP contribution in [0.4, 0.5) is 0 Å². The first-order valence-corrected chi connectivity index (χ1v) is 6.85. The van der Waals surface area contributed by atoms with E-state index in [0.717, 1.165) is 52.2 Å². The maximum absolute atomic E-state index is 11.3. The van der Waals surface area contributed by atoms with Crippen LogP contribution in [0.5, 0.6) is 0 Å². The molecule has 0 spiro atoms. The smallest absolute Gasteiger partial charge is 0.319 e. The van der Waals surface area contributed by atoms with E-state index in [1.165, 1.54) is 7.11 Å². The summed E-state index contributed by atoms with van der Waals surface area (Å²) in [7, 11) is 3.62. The van der Waals surface area contributed by atoms with E-state index in [2.05, 4.69) is 28.7 Å². The molecule has 18 heavy (non-hydrogen) atoms. The fraction of sp³-hybridized carbons (Fsp3) is 0.923. The van der Waals surface area contributed by atoms with Crippen molar-refractivity contribution in [2.75, 3.05) is 66.5 Å². The lowest BCUT2D eigenvalue weighted by molar-refractivity contribution is -0.142. The topological polar surface area (TPSA) is 36.0 Å². The summed E-state index contributed by atoms with van der Waals surface area (Å²) in [5.41, 5.74) is 0. The van der Waals surface area contributed by atoms with Gasteiger partial charge in [-0.15, -0.1) is 0 Å². The van der Waals surface area contributed by atoms with Crippen molar-refractivity contribution in [3.8, 4) is 0 Å². The van der Waals surface area contributed by atoms with Gasteiger partial charge in [-0.3, -0.25) is 14.6 Å². The minimum absolute atomic E-state index is 0.137. The molecule has 0 aromatic heterocycles. The molecule has 1 aliphatic heterocycles. The molecular formula is C13H27N3O2. The lowest BCUT2D eigenvalue weighted by Crippen LogP contribution is -2.47. The van der Waals surface area contributed by atoms with Gasteiger partial charge < -0.3 is 9.64 Å². The van der Waals surface area contributed by atoms with Crippen molar-refractivity contribution >= 4 is 5.97 Å². The van der Waals surface area contributed by atoms with Gasteiger partial charge in [-0.25, -0.2) is 0 Å². The molecule has 1 heterocycles. The fourth-order valence-corrected chi connectivity index (χ4v) is 2.19. The van der Waals surface area contributed by atoms with Gasteiger partial charge in [0.2, 0.25) is 0 Å². The Hall–Kier alpha value is -0.650. The number of esters is 1. The van der Waals surface area contributed by atoms with E-state index < -0.39 is 0 Å². The Morgan fingerprint density at radius 3 is 2.44 bits per heavy atom. The van der Waals surface area contributed by atoms with Crippen LogP contribution in [0.3, 0.4) is 0 Å². The van der Waals surface area contributed by atoms with Gasteiger partial charge in [0.15, 0.2) is 0 Å². The van der Waals surface area contributed by atoms with Crippen LogP contribution < -0.4 is 0 Å². The normalized spacial score (nSPS) is 18.2. The van der Waals surface area contributed by atoms with E-state index in [4.69, 9.17) is 4.74 Å². The largest absolute Gasteiger partial charge is 0.468 e. The molecule has 1 aliphatic rings. The second kappa shape index (κ2) is 8.45. The number of piperazine rings is 1. The zero-order chi connectivity index (χ0) is 13.4. The van der Waals surface area contributed by atoms with Crippen LogP contribution in [-0.2, 0) is 9.53 Å². The second-order valence-electron chi connectivity index (χ2n) is 5.00. The molecular weight excluding hydrogens is 230 g/mol. The van der Waals surface area contributed by atoms with E-state index in [-0.39, 0.29) is 5.97 Å². The van der Waals surface area contributed by atoms with Gasteiger partial charge in [0, 0.05) is 39.3 Å². The fourth-order valence-electron chi connectivity index (χ4n) is 2.19. The summed E-state index contributed by atoms with van der Waals surface area (Å²) >= 11 is 0. The van der Waals surface area contributed by atoms with Gasteiger partial charge in [0.25, 0.3) is 0 Å². The summed E-state index contributed by atoms with van der Waals surface area (Å²) in [5, 5.41) is 0. The van der Waals surface area contributed by atoms with Crippen molar-refractivity contribution in [2.45, 2.75) is 13.3 Å². The summed E-state index contributed by atoms with van der Waals surface area (Å²) in [5.74, 6) is -0.137. The van der Waals surface area contributed by atoms with Crippen LogP contribution in [0.1, 0.15) is 13.3 Å². The second-order valence-corrected chi connectivity index (χ2v) is 5.00. The number of nitrogens with zero attached hydrogens (tertiary/aromatic N) is 3. The minimum Gasteiger partial charge on any atom is -0.468 e. The quantitative estimate of drug-likeness (QED) is 0.605. The first kappa shape index (κ1) is 15.4. The van der Waals surface area contributed by atoms with Crippen molar-refractivity contribution in [1.82, 2.24) is 14.7 Å². The lowest BCUT2D eigenvalue weighted by Gasteiger charge is -2.33. The van der Waals surface area contributed by atoms with E-state index in [9.17, 15) is 4.79 Å². The van der Waals surface area contributed by atoms with Crippen molar-refractivity contribution < 1.29 is 9.53 Å². The van der Waals surface area contributed by atoms with Crippen LogP contribution in [0.2, 0.25) is 0 Å². The van der Waals surface area contributed by atoms with Crippen LogP contribution >= 0.6 is 0 Å². The average Bonchev–Trinajstić information content (AvgIpc) is 2.38. The number of ether oxygens (including phenoxy) is 1. The molecule has 0 bridgehead atoms. The monoisotopic (exact) mass is 257 g/mol. The van der Waals surface area contributed by atoms with E-state index >= 15 is 0 Å². The molecule has 0 aliphatic carbocycles. The first-order valence-electron chi connectivity index (χ1n) is 6.85. The number of methoxy groups -OCH3 is 1. The van der Waals surface area contributed by atoms with Crippen LogP contribution in [0.25, 0.3) is 0 Å². The zero-order valence-corrected chi connectivity index (χ0v) is 12.0. The maximum Gasteiger partial charge on any atom is 0.319 e. The van der Waals surface area contributed by atoms with Crippen LogP contribution in [0.15, 0.2) is 0 Å².